The minimum Gasteiger partial charge on any atom is -0.307 e. The number of carbonyl (C=O) groups is 1. The molecule has 0 spiro atoms. The van der Waals surface area contributed by atoms with Crippen LogP contribution in [0, 0.1) is 0 Å². The summed E-state index contributed by atoms with van der Waals surface area (Å²) in [5.74, 6) is 0.221. The summed E-state index contributed by atoms with van der Waals surface area (Å²) in [6, 6.07) is 2.47. The highest BCUT2D eigenvalue weighted by molar-refractivity contribution is 7.08. The molecule has 0 amide bonds. The van der Waals surface area contributed by atoms with E-state index in [4.69, 9.17) is 0 Å². The first-order chi connectivity index (χ1) is 6.86. The smallest absolute Gasteiger partial charge is 0.177 e. The Morgan fingerprint density at radius 1 is 1.50 bits per heavy atom. The normalized spacial score (nSPS) is 17.4. The highest BCUT2D eigenvalue weighted by Crippen LogP contribution is 2.17. The monoisotopic (exact) mass is 209 g/mol. The average Bonchev–Trinajstić information content (AvgIpc) is 2.87. The van der Waals surface area contributed by atoms with Gasteiger partial charge in [0.25, 0.3) is 0 Å². The van der Waals surface area contributed by atoms with E-state index in [0.29, 0.717) is 12.6 Å². The predicted octanol–water partition coefficient (Wildman–Crippen LogP) is 2.46. The second-order valence-corrected chi connectivity index (χ2v) is 4.58. The summed E-state index contributed by atoms with van der Waals surface area (Å²) in [7, 11) is 0. The summed E-state index contributed by atoms with van der Waals surface area (Å²) < 4.78 is 0. The van der Waals surface area contributed by atoms with Crippen molar-refractivity contribution >= 4 is 17.1 Å². The third-order valence-corrected chi connectivity index (χ3v) is 3.43. The van der Waals surface area contributed by atoms with Crippen LogP contribution >= 0.6 is 11.3 Å². The van der Waals surface area contributed by atoms with Crippen LogP contribution in [0.2, 0.25) is 0 Å². The minimum atomic E-state index is 0.221. The Kier molecular flexibility index (Phi) is 3.32. The highest BCUT2D eigenvalue weighted by atomic mass is 32.1. The number of rotatable bonds is 4. The summed E-state index contributed by atoms with van der Waals surface area (Å²) in [4.78, 5) is 11.6. The van der Waals surface area contributed by atoms with Gasteiger partial charge in [0.05, 0.1) is 6.54 Å². The molecule has 2 nitrogen and oxygen atoms in total. The van der Waals surface area contributed by atoms with E-state index < -0.39 is 0 Å². The molecule has 0 atom stereocenters. The number of nitrogens with one attached hydrogen (secondary N) is 1. The Labute approximate surface area is 88.3 Å². The van der Waals surface area contributed by atoms with Gasteiger partial charge in [-0.1, -0.05) is 12.8 Å². The molecule has 2 rings (SSSR count). The lowest BCUT2D eigenvalue weighted by Gasteiger charge is -2.09. The topological polar surface area (TPSA) is 29.1 Å². The zero-order valence-corrected chi connectivity index (χ0v) is 8.98. The molecule has 1 fully saturated rings. The van der Waals surface area contributed by atoms with Gasteiger partial charge in [0, 0.05) is 17.0 Å². The number of ketones is 1. The Bertz CT molecular complexity index is 288. The molecule has 1 N–H and O–H groups in total. The molecule has 76 valence electrons. The first-order valence-corrected chi connectivity index (χ1v) is 6.09. The molecule has 1 aliphatic rings. The first kappa shape index (κ1) is 9.87. The number of thiophene rings is 1. The molecular formula is C11H15NOS. The quantitative estimate of drug-likeness (QED) is 0.772. The maximum atomic E-state index is 11.6. The number of carbonyl (C=O) groups excluding carboxylic acids is 1. The van der Waals surface area contributed by atoms with Gasteiger partial charge in [0.1, 0.15) is 0 Å². The van der Waals surface area contributed by atoms with Crippen LogP contribution in [0.3, 0.4) is 0 Å². The molecule has 1 heterocycles. The van der Waals surface area contributed by atoms with Crippen molar-refractivity contribution in [1.82, 2.24) is 5.32 Å². The molecule has 1 aromatic heterocycles. The predicted molar refractivity (Wildman–Crippen MR) is 58.9 cm³/mol. The molecule has 0 unspecified atom stereocenters. The molecule has 0 radical (unpaired) electrons. The standard InChI is InChI=1S/C11H15NOS/c13-11(9-5-6-14-8-9)7-12-10-3-1-2-4-10/h5-6,8,10,12H,1-4,7H2. The van der Waals surface area contributed by atoms with E-state index in [1.807, 2.05) is 16.8 Å². The van der Waals surface area contributed by atoms with Crippen LogP contribution < -0.4 is 5.32 Å². The lowest BCUT2D eigenvalue weighted by Crippen LogP contribution is -2.31. The van der Waals surface area contributed by atoms with E-state index in [-0.39, 0.29) is 5.78 Å². The molecule has 1 saturated carbocycles. The van der Waals surface area contributed by atoms with Crippen molar-refractivity contribution in [2.45, 2.75) is 31.7 Å². The maximum absolute atomic E-state index is 11.6. The third-order valence-electron chi connectivity index (χ3n) is 2.75. The second kappa shape index (κ2) is 4.71. The highest BCUT2D eigenvalue weighted by Gasteiger charge is 2.15. The van der Waals surface area contributed by atoms with Crippen LogP contribution in [0.15, 0.2) is 16.8 Å². The van der Waals surface area contributed by atoms with Gasteiger partial charge in [0.2, 0.25) is 0 Å². The molecular weight excluding hydrogens is 194 g/mol. The van der Waals surface area contributed by atoms with Crippen molar-refractivity contribution in [2.24, 2.45) is 0 Å². The van der Waals surface area contributed by atoms with E-state index in [2.05, 4.69) is 5.32 Å². The molecule has 1 aliphatic carbocycles. The van der Waals surface area contributed by atoms with Gasteiger partial charge in [0.15, 0.2) is 5.78 Å². The van der Waals surface area contributed by atoms with E-state index in [9.17, 15) is 4.79 Å². The summed E-state index contributed by atoms with van der Waals surface area (Å²) in [6.07, 6.45) is 5.09. The SMILES string of the molecule is O=C(CNC1CCCC1)c1ccsc1. The Balaban J connectivity index is 1.78. The van der Waals surface area contributed by atoms with Gasteiger partial charge in [-0.3, -0.25) is 4.79 Å². The fourth-order valence-corrected chi connectivity index (χ4v) is 2.55. The number of hydrogen-bond donors (Lipinski definition) is 1. The van der Waals surface area contributed by atoms with E-state index in [0.717, 1.165) is 5.56 Å². The van der Waals surface area contributed by atoms with Crippen molar-refractivity contribution in [3.8, 4) is 0 Å². The Morgan fingerprint density at radius 2 is 2.29 bits per heavy atom. The van der Waals surface area contributed by atoms with Gasteiger partial charge in [-0.15, -0.1) is 0 Å². The van der Waals surface area contributed by atoms with Gasteiger partial charge in [-0.05, 0) is 24.3 Å². The van der Waals surface area contributed by atoms with Gasteiger partial charge in [-0.2, -0.15) is 11.3 Å². The van der Waals surface area contributed by atoms with E-state index in [1.54, 1.807) is 11.3 Å². The summed E-state index contributed by atoms with van der Waals surface area (Å²) in [5.41, 5.74) is 0.848. The van der Waals surface area contributed by atoms with Crippen LogP contribution in [0.1, 0.15) is 36.0 Å². The Morgan fingerprint density at radius 3 is 2.93 bits per heavy atom. The largest absolute Gasteiger partial charge is 0.307 e. The minimum absolute atomic E-state index is 0.221. The van der Waals surface area contributed by atoms with Crippen molar-refractivity contribution in [1.29, 1.82) is 0 Å². The molecule has 14 heavy (non-hydrogen) atoms. The van der Waals surface area contributed by atoms with Crippen LogP contribution in [0.25, 0.3) is 0 Å². The van der Waals surface area contributed by atoms with Crippen LogP contribution in [-0.4, -0.2) is 18.4 Å². The average molecular weight is 209 g/mol. The third kappa shape index (κ3) is 2.42. The van der Waals surface area contributed by atoms with Gasteiger partial charge in [-0.25, -0.2) is 0 Å². The summed E-state index contributed by atoms with van der Waals surface area (Å²) in [6.45, 7) is 0.501. The second-order valence-electron chi connectivity index (χ2n) is 3.80. The lowest BCUT2D eigenvalue weighted by atomic mass is 10.2. The zero-order chi connectivity index (χ0) is 9.80. The molecule has 0 aromatic carbocycles. The van der Waals surface area contributed by atoms with Crippen molar-refractivity contribution in [2.75, 3.05) is 6.54 Å². The fourth-order valence-electron chi connectivity index (χ4n) is 1.89. The van der Waals surface area contributed by atoms with Crippen molar-refractivity contribution in [3.05, 3.63) is 22.4 Å². The van der Waals surface area contributed by atoms with E-state index >= 15 is 0 Å². The Hall–Kier alpha value is -0.670. The zero-order valence-electron chi connectivity index (χ0n) is 8.16. The first-order valence-electron chi connectivity index (χ1n) is 5.15. The molecule has 0 aliphatic heterocycles. The van der Waals surface area contributed by atoms with Crippen molar-refractivity contribution < 1.29 is 4.79 Å². The summed E-state index contributed by atoms with van der Waals surface area (Å²) in [5, 5.41) is 7.19. The molecule has 0 saturated heterocycles. The molecule has 3 heteroatoms. The molecule has 1 aromatic rings. The molecule has 0 bridgehead atoms. The summed E-state index contributed by atoms with van der Waals surface area (Å²) >= 11 is 1.58. The number of hydrogen-bond acceptors (Lipinski definition) is 3. The lowest BCUT2D eigenvalue weighted by molar-refractivity contribution is 0.0988. The van der Waals surface area contributed by atoms with Crippen LogP contribution in [0.4, 0.5) is 0 Å². The van der Waals surface area contributed by atoms with Crippen molar-refractivity contribution in [3.63, 3.8) is 0 Å². The fraction of sp³-hybridized carbons (Fsp3) is 0.545. The number of Topliss-reactive ketones (excluding diaryl/α,β-unsaturated/α-hetero) is 1. The van der Waals surface area contributed by atoms with Crippen LogP contribution in [0.5, 0.6) is 0 Å². The van der Waals surface area contributed by atoms with E-state index in [1.165, 1.54) is 25.7 Å². The van der Waals surface area contributed by atoms with Gasteiger partial charge < -0.3 is 5.32 Å². The maximum Gasteiger partial charge on any atom is 0.177 e. The van der Waals surface area contributed by atoms with Gasteiger partial charge >= 0.3 is 0 Å². The van der Waals surface area contributed by atoms with Crippen LogP contribution in [-0.2, 0) is 0 Å².